The van der Waals surface area contributed by atoms with Crippen molar-refractivity contribution in [2.24, 2.45) is 5.73 Å². The third-order valence-corrected chi connectivity index (χ3v) is 2.97. The van der Waals surface area contributed by atoms with E-state index in [-0.39, 0.29) is 19.0 Å². The van der Waals surface area contributed by atoms with Crippen LogP contribution in [-0.2, 0) is 9.53 Å². The van der Waals surface area contributed by atoms with Gasteiger partial charge in [0.1, 0.15) is 0 Å². The van der Waals surface area contributed by atoms with Gasteiger partial charge in [0, 0.05) is 17.2 Å². The molecule has 1 aromatic rings. The summed E-state index contributed by atoms with van der Waals surface area (Å²) in [5, 5.41) is 0. The van der Waals surface area contributed by atoms with Crippen LogP contribution in [0, 0.1) is 5.82 Å². The summed E-state index contributed by atoms with van der Waals surface area (Å²) < 4.78 is 23.3. The minimum atomic E-state index is -0.515. The van der Waals surface area contributed by atoms with Crippen molar-refractivity contribution in [2.75, 3.05) is 25.5 Å². The molecular formula is C12H16FNO3S. The van der Waals surface area contributed by atoms with Crippen molar-refractivity contribution in [3.63, 3.8) is 0 Å². The number of thioether (sulfide) groups is 1. The van der Waals surface area contributed by atoms with Gasteiger partial charge in [-0.3, -0.25) is 0 Å². The maximum Gasteiger partial charge on any atom is 0.344 e. The highest BCUT2D eigenvalue weighted by molar-refractivity contribution is 7.99. The molecule has 0 heterocycles. The van der Waals surface area contributed by atoms with E-state index < -0.39 is 11.8 Å². The van der Waals surface area contributed by atoms with Crippen molar-refractivity contribution in [3.8, 4) is 5.75 Å². The molecule has 2 N–H and O–H groups in total. The Balaban J connectivity index is 2.54. The SMILES string of the molecule is CCOC(=O)COc1ccc(SCCN)cc1F. The van der Waals surface area contributed by atoms with E-state index in [9.17, 15) is 9.18 Å². The van der Waals surface area contributed by atoms with E-state index in [1.807, 2.05) is 0 Å². The van der Waals surface area contributed by atoms with Crippen LogP contribution in [0.3, 0.4) is 0 Å². The molecule has 0 bridgehead atoms. The van der Waals surface area contributed by atoms with Gasteiger partial charge in [0.15, 0.2) is 18.2 Å². The Bertz CT molecular complexity index is 401. The van der Waals surface area contributed by atoms with Crippen molar-refractivity contribution in [2.45, 2.75) is 11.8 Å². The van der Waals surface area contributed by atoms with E-state index in [2.05, 4.69) is 4.74 Å². The van der Waals surface area contributed by atoms with Gasteiger partial charge in [-0.15, -0.1) is 11.8 Å². The van der Waals surface area contributed by atoms with Crippen LogP contribution in [0.15, 0.2) is 23.1 Å². The van der Waals surface area contributed by atoms with Crippen molar-refractivity contribution < 1.29 is 18.7 Å². The van der Waals surface area contributed by atoms with E-state index >= 15 is 0 Å². The zero-order chi connectivity index (χ0) is 13.4. The standard InChI is InChI=1S/C12H16FNO3S/c1-2-16-12(15)8-17-11-4-3-9(7-10(11)13)18-6-5-14/h3-4,7H,2,5-6,8,14H2,1H3. The van der Waals surface area contributed by atoms with Gasteiger partial charge in [-0.25, -0.2) is 9.18 Å². The number of esters is 1. The van der Waals surface area contributed by atoms with E-state index in [1.54, 1.807) is 13.0 Å². The molecule has 0 aliphatic heterocycles. The number of rotatable bonds is 7. The smallest absolute Gasteiger partial charge is 0.344 e. The molecule has 1 aromatic carbocycles. The number of nitrogens with two attached hydrogens (primary N) is 1. The molecule has 18 heavy (non-hydrogen) atoms. The number of hydrogen-bond donors (Lipinski definition) is 1. The Morgan fingerprint density at radius 1 is 1.50 bits per heavy atom. The second kappa shape index (κ2) is 7.94. The summed E-state index contributed by atoms with van der Waals surface area (Å²) >= 11 is 1.46. The fourth-order valence-electron chi connectivity index (χ4n) is 1.20. The lowest BCUT2D eigenvalue weighted by atomic mass is 10.3. The van der Waals surface area contributed by atoms with Gasteiger partial charge in [0.25, 0.3) is 0 Å². The highest BCUT2D eigenvalue weighted by Gasteiger charge is 2.08. The molecule has 0 spiro atoms. The minimum Gasteiger partial charge on any atom is -0.479 e. The number of ether oxygens (including phenoxy) is 2. The largest absolute Gasteiger partial charge is 0.479 e. The van der Waals surface area contributed by atoms with Gasteiger partial charge in [0.2, 0.25) is 0 Å². The second-order valence-electron chi connectivity index (χ2n) is 3.32. The quantitative estimate of drug-likeness (QED) is 0.606. The van der Waals surface area contributed by atoms with Crippen molar-refractivity contribution >= 4 is 17.7 Å². The molecule has 0 unspecified atom stereocenters. The number of carbonyl (C=O) groups excluding carboxylic acids is 1. The molecule has 4 nitrogen and oxygen atoms in total. The molecular weight excluding hydrogens is 257 g/mol. The lowest BCUT2D eigenvalue weighted by Gasteiger charge is -2.08. The van der Waals surface area contributed by atoms with Gasteiger partial charge in [0.05, 0.1) is 6.61 Å². The number of halogens is 1. The van der Waals surface area contributed by atoms with Crippen LogP contribution in [0.5, 0.6) is 5.75 Å². The van der Waals surface area contributed by atoms with Crippen LogP contribution in [0.4, 0.5) is 4.39 Å². The first-order valence-corrected chi connectivity index (χ1v) is 6.56. The average molecular weight is 273 g/mol. The Labute approximate surface area is 110 Å². The Hall–Kier alpha value is -1.27. The molecule has 0 aliphatic carbocycles. The summed E-state index contributed by atoms with van der Waals surface area (Å²) in [6, 6.07) is 4.58. The second-order valence-corrected chi connectivity index (χ2v) is 4.49. The van der Waals surface area contributed by atoms with Gasteiger partial charge in [-0.2, -0.15) is 0 Å². The predicted molar refractivity (Wildman–Crippen MR) is 68.3 cm³/mol. The molecule has 0 atom stereocenters. The topological polar surface area (TPSA) is 61.5 Å². The first-order chi connectivity index (χ1) is 8.67. The van der Waals surface area contributed by atoms with Gasteiger partial charge in [-0.05, 0) is 25.1 Å². The van der Waals surface area contributed by atoms with Crippen molar-refractivity contribution in [3.05, 3.63) is 24.0 Å². The first kappa shape index (κ1) is 14.8. The van der Waals surface area contributed by atoms with Crippen LogP contribution in [-0.4, -0.2) is 31.5 Å². The highest BCUT2D eigenvalue weighted by atomic mass is 32.2. The van der Waals surface area contributed by atoms with Gasteiger partial charge >= 0.3 is 5.97 Å². The van der Waals surface area contributed by atoms with E-state index in [0.717, 1.165) is 10.6 Å². The van der Waals surface area contributed by atoms with Crippen LogP contribution >= 0.6 is 11.8 Å². The van der Waals surface area contributed by atoms with Crippen molar-refractivity contribution in [1.29, 1.82) is 0 Å². The maximum atomic E-state index is 13.6. The van der Waals surface area contributed by atoms with Gasteiger partial charge in [-0.1, -0.05) is 0 Å². The summed E-state index contributed by atoms with van der Waals surface area (Å²) in [4.78, 5) is 11.8. The molecule has 0 aliphatic rings. The summed E-state index contributed by atoms with van der Waals surface area (Å²) in [5.41, 5.74) is 5.36. The molecule has 0 saturated carbocycles. The molecule has 0 aromatic heterocycles. The molecule has 6 heteroatoms. The fraction of sp³-hybridized carbons (Fsp3) is 0.417. The molecule has 0 fully saturated rings. The number of benzene rings is 1. The van der Waals surface area contributed by atoms with Crippen LogP contribution < -0.4 is 10.5 Å². The summed E-state index contributed by atoms with van der Waals surface area (Å²) in [7, 11) is 0. The molecule has 0 saturated heterocycles. The Kier molecular flexibility index (Phi) is 6.53. The molecule has 0 amide bonds. The number of hydrogen-bond acceptors (Lipinski definition) is 5. The lowest BCUT2D eigenvalue weighted by Crippen LogP contribution is -2.15. The maximum absolute atomic E-state index is 13.6. The van der Waals surface area contributed by atoms with E-state index in [1.165, 1.54) is 23.9 Å². The van der Waals surface area contributed by atoms with Gasteiger partial charge < -0.3 is 15.2 Å². The molecule has 100 valence electrons. The van der Waals surface area contributed by atoms with E-state index in [0.29, 0.717) is 6.54 Å². The third-order valence-electron chi connectivity index (χ3n) is 1.94. The normalized spacial score (nSPS) is 10.2. The monoisotopic (exact) mass is 273 g/mol. The summed E-state index contributed by atoms with van der Waals surface area (Å²) in [6.45, 7) is 2.22. The van der Waals surface area contributed by atoms with E-state index in [4.69, 9.17) is 10.5 Å². The molecule has 1 rings (SSSR count). The highest BCUT2D eigenvalue weighted by Crippen LogP contribution is 2.24. The van der Waals surface area contributed by atoms with Crippen LogP contribution in [0.1, 0.15) is 6.92 Å². The Morgan fingerprint density at radius 2 is 2.28 bits per heavy atom. The molecule has 0 radical (unpaired) electrons. The predicted octanol–water partition coefficient (Wildman–Crippen LogP) is 1.82. The zero-order valence-electron chi connectivity index (χ0n) is 10.1. The van der Waals surface area contributed by atoms with Crippen LogP contribution in [0.25, 0.3) is 0 Å². The zero-order valence-corrected chi connectivity index (χ0v) is 11.0. The van der Waals surface area contributed by atoms with Crippen molar-refractivity contribution in [1.82, 2.24) is 0 Å². The van der Waals surface area contributed by atoms with Crippen LogP contribution in [0.2, 0.25) is 0 Å². The summed E-state index contributed by atoms with van der Waals surface area (Å²) in [5.74, 6) is -0.248. The summed E-state index contributed by atoms with van der Waals surface area (Å²) in [6.07, 6.45) is 0. The minimum absolute atomic E-state index is 0.0418. The lowest BCUT2D eigenvalue weighted by molar-refractivity contribution is -0.145. The fourth-order valence-corrected chi connectivity index (χ4v) is 1.91. The first-order valence-electron chi connectivity index (χ1n) is 5.58. The average Bonchev–Trinajstić information content (AvgIpc) is 2.35. The third kappa shape index (κ3) is 4.93. The number of carbonyl (C=O) groups is 1. The Morgan fingerprint density at radius 3 is 2.89 bits per heavy atom.